The van der Waals surface area contributed by atoms with Crippen molar-refractivity contribution in [2.24, 2.45) is 0 Å². The van der Waals surface area contributed by atoms with E-state index in [0.717, 1.165) is 16.3 Å². The highest BCUT2D eigenvalue weighted by atomic mass is 79.9. The van der Waals surface area contributed by atoms with E-state index in [1.807, 2.05) is 30.3 Å². The van der Waals surface area contributed by atoms with E-state index >= 15 is 0 Å². The van der Waals surface area contributed by atoms with Crippen molar-refractivity contribution in [1.29, 1.82) is 0 Å². The average molecular weight is 333 g/mol. The van der Waals surface area contributed by atoms with Gasteiger partial charge in [-0.25, -0.2) is 0 Å². The molecule has 0 aliphatic heterocycles. The molecular formula is C14H12BrF3O. The van der Waals surface area contributed by atoms with Crippen LogP contribution in [-0.2, 0) is 5.33 Å². The van der Waals surface area contributed by atoms with Crippen LogP contribution in [-0.4, -0.2) is 12.8 Å². The van der Waals surface area contributed by atoms with Gasteiger partial charge >= 0.3 is 6.18 Å². The summed E-state index contributed by atoms with van der Waals surface area (Å²) in [6.07, 6.45) is -5.13. The molecule has 0 unspecified atom stereocenters. The minimum absolute atomic E-state index is 0.359. The number of hydrogen-bond donors (Lipinski definition) is 0. The summed E-state index contributed by atoms with van der Waals surface area (Å²) in [5.74, 6) is 0.500. The van der Waals surface area contributed by atoms with Crippen LogP contribution in [0.4, 0.5) is 13.2 Å². The van der Waals surface area contributed by atoms with Crippen LogP contribution in [0.3, 0.4) is 0 Å². The van der Waals surface area contributed by atoms with Crippen molar-refractivity contribution in [3.63, 3.8) is 0 Å². The van der Waals surface area contributed by atoms with Gasteiger partial charge in [-0.3, -0.25) is 0 Å². The van der Waals surface area contributed by atoms with Crippen LogP contribution in [0.5, 0.6) is 5.75 Å². The molecule has 19 heavy (non-hydrogen) atoms. The highest BCUT2D eigenvalue weighted by Gasteiger charge is 2.27. The van der Waals surface area contributed by atoms with Crippen molar-refractivity contribution in [2.45, 2.75) is 17.9 Å². The molecule has 1 nitrogen and oxygen atoms in total. The zero-order valence-corrected chi connectivity index (χ0v) is 11.6. The Bertz CT molecular complexity index is 566. The molecule has 0 aromatic heterocycles. The lowest BCUT2D eigenvalue weighted by molar-refractivity contribution is -0.139. The third kappa shape index (κ3) is 3.62. The van der Waals surface area contributed by atoms with Gasteiger partial charge in [0.25, 0.3) is 0 Å². The summed E-state index contributed by atoms with van der Waals surface area (Å²) in [5, 5.41) is 2.57. The smallest absolute Gasteiger partial charge is 0.392 e. The van der Waals surface area contributed by atoms with E-state index in [-0.39, 0.29) is 6.61 Å². The molecule has 0 aliphatic carbocycles. The topological polar surface area (TPSA) is 9.23 Å². The van der Waals surface area contributed by atoms with E-state index in [9.17, 15) is 13.2 Å². The van der Waals surface area contributed by atoms with Crippen molar-refractivity contribution in [3.8, 4) is 5.75 Å². The number of alkyl halides is 4. The van der Waals surface area contributed by atoms with Gasteiger partial charge in [0.15, 0.2) is 0 Å². The van der Waals surface area contributed by atoms with E-state index in [1.54, 1.807) is 6.07 Å². The summed E-state index contributed by atoms with van der Waals surface area (Å²) in [5.41, 5.74) is 0.875. The summed E-state index contributed by atoms with van der Waals surface area (Å²) < 4.78 is 41.6. The zero-order valence-electron chi connectivity index (χ0n) is 10.0. The monoisotopic (exact) mass is 332 g/mol. The largest absolute Gasteiger partial charge is 0.493 e. The Morgan fingerprint density at radius 3 is 2.47 bits per heavy atom. The van der Waals surface area contributed by atoms with Gasteiger partial charge in [-0.1, -0.05) is 46.3 Å². The predicted octanol–water partition coefficient (Wildman–Crippen LogP) is 5.07. The Hall–Kier alpha value is -1.23. The van der Waals surface area contributed by atoms with Crippen molar-refractivity contribution in [3.05, 3.63) is 42.0 Å². The molecular weight excluding hydrogens is 321 g/mol. The maximum Gasteiger partial charge on any atom is 0.392 e. The van der Waals surface area contributed by atoms with Crippen molar-refractivity contribution < 1.29 is 17.9 Å². The molecule has 0 fully saturated rings. The number of halogens is 4. The lowest BCUT2D eigenvalue weighted by Gasteiger charge is -2.13. The number of fused-ring (bicyclic) bond motifs is 1. The lowest BCUT2D eigenvalue weighted by atomic mass is 10.0. The summed E-state index contributed by atoms with van der Waals surface area (Å²) >= 11 is 3.36. The molecule has 102 valence electrons. The molecule has 0 heterocycles. The second-order valence-corrected chi connectivity index (χ2v) is 4.67. The highest BCUT2D eigenvalue weighted by Crippen LogP contribution is 2.30. The van der Waals surface area contributed by atoms with Crippen LogP contribution in [0.15, 0.2) is 36.4 Å². The Morgan fingerprint density at radius 1 is 1.05 bits per heavy atom. The first-order valence-corrected chi connectivity index (χ1v) is 6.89. The fourth-order valence-corrected chi connectivity index (χ4v) is 2.44. The second kappa shape index (κ2) is 5.82. The molecule has 0 radical (unpaired) electrons. The second-order valence-electron chi connectivity index (χ2n) is 4.11. The normalized spacial score (nSPS) is 11.8. The van der Waals surface area contributed by atoms with E-state index < -0.39 is 12.6 Å². The van der Waals surface area contributed by atoms with Gasteiger partial charge in [0.2, 0.25) is 0 Å². The molecule has 2 rings (SSSR count). The van der Waals surface area contributed by atoms with Gasteiger partial charge in [0.1, 0.15) is 5.75 Å². The molecule has 2 aromatic carbocycles. The van der Waals surface area contributed by atoms with Gasteiger partial charge in [0, 0.05) is 10.9 Å². The van der Waals surface area contributed by atoms with E-state index in [2.05, 4.69) is 15.9 Å². The fourth-order valence-electron chi connectivity index (χ4n) is 1.87. The Morgan fingerprint density at radius 2 is 1.79 bits per heavy atom. The standard InChI is InChI=1S/C14H12BrF3O/c15-9-12-11-4-2-1-3-10(11)5-6-13(12)19-8-7-14(16,17)18/h1-6H,7-9H2. The minimum Gasteiger partial charge on any atom is -0.493 e. The van der Waals surface area contributed by atoms with Gasteiger partial charge in [0.05, 0.1) is 13.0 Å². The molecule has 2 aromatic rings. The van der Waals surface area contributed by atoms with Crippen LogP contribution < -0.4 is 4.74 Å². The zero-order chi connectivity index (χ0) is 13.9. The summed E-state index contributed by atoms with van der Waals surface area (Å²) in [4.78, 5) is 0. The number of hydrogen-bond acceptors (Lipinski definition) is 1. The molecule has 0 saturated heterocycles. The molecule has 0 aliphatic rings. The third-order valence-corrected chi connectivity index (χ3v) is 3.34. The van der Waals surface area contributed by atoms with E-state index in [0.29, 0.717) is 11.1 Å². The first kappa shape index (κ1) is 14.2. The van der Waals surface area contributed by atoms with Crippen LogP contribution >= 0.6 is 15.9 Å². The lowest BCUT2D eigenvalue weighted by Crippen LogP contribution is -2.13. The average Bonchev–Trinajstić information content (AvgIpc) is 2.37. The highest BCUT2D eigenvalue weighted by molar-refractivity contribution is 9.08. The molecule has 0 atom stereocenters. The minimum atomic E-state index is -4.19. The molecule has 0 bridgehead atoms. The fraction of sp³-hybridized carbons (Fsp3) is 0.286. The first-order valence-electron chi connectivity index (χ1n) is 5.77. The maximum absolute atomic E-state index is 12.1. The van der Waals surface area contributed by atoms with Gasteiger partial charge < -0.3 is 4.74 Å². The molecule has 0 N–H and O–H groups in total. The quantitative estimate of drug-likeness (QED) is 0.710. The van der Waals surface area contributed by atoms with Gasteiger partial charge in [-0.2, -0.15) is 13.2 Å². The first-order chi connectivity index (χ1) is 9.01. The Balaban J connectivity index is 2.23. The predicted molar refractivity (Wildman–Crippen MR) is 72.7 cm³/mol. The Kier molecular flexibility index (Phi) is 4.34. The van der Waals surface area contributed by atoms with Crippen LogP contribution in [0.25, 0.3) is 10.8 Å². The van der Waals surface area contributed by atoms with Crippen LogP contribution in [0.1, 0.15) is 12.0 Å². The van der Waals surface area contributed by atoms with E-state index in [1.165, 1.54) is 0 Å². The molecule has 0 saturated carbocycles. The van der Waals surface area contributed by atoms with Crippen molar-refractivity contribution in [1.82, 2.24) is 0 Å². The summed E-state index contributed by atoms with van der Waals surface area (Å²) in [6.45, 7) is -0.359. The maximum atomic E-state index is 12.1. The summed E-state index contributed by atoms with van der Waals surface area (Å²) in [7, 11) is 0. The van der Waals surface area contributed by atoms with Crippen LogP contribution in [0, 0.1) is 0 Å². The van der Waals surface area contributed by atoms with Crippen LogP contribution in [0.2, 0.25) is 0 Å². The third-order valence-electron chi connectivity index (χ3n) is 2.77. The SMILES string of the molecule is FC(F)(F)CCOc1ccc2ccccc2c1CBr. The van der Waals surface area contributed by atoms with Crippen molar-refractivity contribution >= 4 is 26.7 Å². The Labute approximate surface area is 117 Å². The summed E-state index contributed by atoms with van der Waals surface area (Å²) in [6, 6.07) is 11.3. The molecule has 5 heteroatoms. The number of benzene rings is 2. The van der Waals surface area contributed by atoms with Crippen molar-refractivity contribution in [2.75, 3.05) is 6.61 Å². The molecule has 0 spiro atoms. The van der Waals surface area contributed by atoms with Gasteiger partial charge in [-0.05, 0) is 16.8 Å². The van der Waals surface area contributed by atoms with Gasteiger partial charge in [-0.15, -0.1) is 0 Å². The number of rotatable bonds is 4. The van der Waals surface area contributed by atoms with E-state index in [4.69, 9.17) is 4.74 Å². The number of ether oxygens (including phenoxy) is 1. The molecule has 0 amide bonds.